The molecule has 1 aromatic heterocycles. The Hall–Kier alpha value is -2.18. The topological polar surface area (TPSA) is 59.1 Å². The molecule has 25 heavy (non-hydrogen) atoms. The largest absolute Gasteiger partial charge is 0.279 e. The van der Waals surface area contributed by atoms with E-state index in [1.54, 1.807) is 30.4 Å². The predicted molar refractivity (Wildman–Crippen MR) is 104 cm³/mol. The van der Waals surface area contributed by atoms with Gasteiger partial charge in [0.1, 0.15) is 0 Å². The zero-order valence-electron chi connectivity index (χ0n) is 14.4. The van der Waals surface area contributed by atoms with Crippen LogP contribution < -0.4 is 4.72 Å². The molecule has 3 rings (SSSR count). The summed E-state index contributed by atoms with van der Waals surface area (Å²) in [5, 5.41) is 2.89. The Morgan fingerprint density at radius 3 is 2.56 bits per heavy atom. The Labute approximate surface area is 152 Å². The van der Waals surface area contributed by atoms with Crippen molar-refractivity contribution >= 4 is 27.0 Å². The molecule has 0 atom stereocenters. The van der Waals surface area contributed by atoms with E-state index in [9.17, 15) is 8.42 Å². The molecular formula is C19H20N2O2S2. The smallest absolute Gasteiger partial charge is 0.262 e. The minimum atomic E-state index is -3.67. The first-order valence-corrected chi connectivity index (χ1v) is 10.4. The lowest BCUT2D eigenvalue weighted by molar-refractivity contribution is 0.600. The van der Waals surface area contributed by atoms with Crippen LogP contribution in [0.15, 0.2) is 52.7 Å². The van der Waals surface area contributed by atoms with Gasteiger partial charge in [0.2, 0.25) is 0 Å². The third-order valence-electron chi connectivity index (χ3n) is 4.04. The summed E-state index contributed by atoms with van der Waals surface area (Å²) in [7, 11) is -3.67. The molecule has 0 saturated heterocycles. The number of nitrogens with zero attached hydrogens (tertiary/aromatic N) is 1. The van der Waals surface area contributed by atoms with Gasteiger partial charge in [-0.05, 0) is 43.5 Å². The van der Waals surface area contributed by atoms with Gasteiger partial charge in [-0.15, -0.1) is 11.3 Å². The first-order valence-electron chi connectivity index (χ1n) is 8.04. The van der Waals surface area contributed by atoms with E-state index in [1.807, 2.05) is 49.6 Å². The van der Waals surface area contributed by atoms with Crippen molar-refractivity contribution in [2.45, 2.75) is 32.1 Å². The second kappa shape index (κ2) is 6.98. The third kappa shape index (κ3) is 3.75. The van der Waals surface area contributed by atoms with Crippen LogP contribution in [0.2, 0.25) is 0 Å². The number of hydrogen-bond acceptors (Lipinski definition) is 4. The summed E-state index contributed by atoms with van der Waals surface area (Å²) in [5.41, 5.74) is 3.90. The molecule has 0 aliphatic rings. The van der Waals surface area contributed by atoms with Crippen molar-refractivity contribution in [3.63, 3.8) is 0 Å². The van der Waals surface area contributed by atoms with Crippen molar-refractivity contribution in [3.05, 3.63) is 64.0 Å². The van der Waals surface area contributed by atoms with Crippen LogP contribution in [-0.2, 0) is 16.4 Å². The van der Waals surface area contributed by atoms with Crippen LogP contribution in [0.1, 0.15) is 23.1 Å². The Balaban J connectivity index is 2.02. The zero-order chi connectivity index (χ0) is 18.0. The van der Waals surface area contributed by atoms with Gasteiger partial charge in [0.05, 0.1) is 21.3 Å². The highest BCUT2D eigenvalue weighted by Gasteiger charge is 2.19. The molecule has 6 heteroatoms. The first kappa shape index (κ1) is 17.6. The Kier molecular flexibility index (Phi) is 4.92. The van der Waals surface area contributed by atoms with E-state index in [4.69, 9.17) is 0 Å². The summed E-state index contributed by atoms with van der Waals surface area (Å²) in [6, 6.07) is 12.9. The number of benzene rings is 2. The summed E-state index contributed by atoms with van der Waals surface area (Å²) in [4.78, 5) is 4.73. The molecular weight excluding hydrogens is 352 g/mol. The van der Waals surface area contributed by atoms with E-state index in [0.29, 0.717) is 11.3 Å². The minimum absolute atomic E-state index is 0.279. The summed E-state index contributed by atoms with van der Waals surface area (Å²) in [6.45, 7) is 5.74. The Morgan fingerprint density at radius 2 is 1.88 bits per heavy atom. The van der Waals surface area contributed by atoms with E-state index >= 15 is 0 Å². The third-order valence-corrected chi connectivity index (χ3v) is 6.32. The molecule has 0 unspecified atom stereocenters. The molecule has 0 bridgehead atoms. The molecule has 0 radical (unpaired) electrons. The van der Waals surface area contributed by atoms with Gasteiger partial charge in [-0.3, -0.25) is 4.72 Å². The quantitative estimate of drug-likeness (QED) is 0.700. The highest BCUT2D eigenvalue weighted by atomic mass is 32.2. The molecule has 0 fully saturated rings. The van der Waals surface area contributed by atoms with Gasteiger partial charge in [-0.1, -0.05) is 37.3 Å². The van der Waals surface area contributed by atoms with E-state index in [2.05, 4.69) is 9.71 Å². The van der Waals surface area contributed by atoms with Gasteiger partial charge in [0.25, 0.3) is 10.0 Å². The predicted octanol–water partition coefficient (Wildman–Crippen LogP) is 4.79. The van der Waals surface area contributed by atoms with Gasteiger partial charge >= 0.3 is 0 Å². The molecule has 3 aromatic rings. The molecule has 0 spiro atoms. The van der Waals surface area contributed by atoms with Crippen LogP contribution in [0.3, 0.4) is 0 Å². The highest BCUT2D eigenvalue weighted by Crippen LogP contribution is 2.28. The fraction of sp³-hybridized carbons (Fsp3) is 0.211. The van der Waals surface area contributed by atoms with E-state index < -0.39 is 10.0 Å². The highest BCUT2D eigenvalue weighted by molar-refractivity contribution is 7.92. The van der Waals surface area contributed by atoms with Crippen molar-refractivity contribution in [1.82, 2.24) is 4.98 Å². The minimum Gasteiger partial charge on any atom is -0.279 e. The Morgan fingerprint density at radius 1 is 1.12 bits per heavy atom. The molecule has 0 saturated carbocycles. The maximum Gasteiger partial charge on any atom is 0.262 e. The molecule has 2 aromatic carbocycles. The van der Waals surface area contributed by atoms with Crippen LogP contribution in [0.5, 0.6) is 0 Å². The first-order chi connectivity index (χ1) is 11.9. The van der Waals surface area contributed by atoms with E-state index in [-0.39, 0.29) is 4.90 Å². The number of aryl methyl sites for hydroxylation is 3. The fourth-order valence-corrected chi connectivity index (χ4v) is 4.67. The summed E-state index contributed by atoms with van der Waals surface area (Å²) >= 11 is 1.55. The lowest BCUT2D eigenvalue weighted by Gasteiger charge is -2.14. The summed E-state index contributed by atoms with van der Waals surface area (Å²) < 4.78 is 28.6. The molecule has 4 nitrogen and oxygen atoms in total. The Bertz CT molecular complexity index is 1010. The standard InChI is InChI=1S/C19H20N2O2S2/c1-4-15-7-5-6-8-17(15)21-25(22,23)19-11-16(10-9-13(19)2)18-12-24-14(3)20-18/h5-12,21H,4H2,1-3H3. The molecule has 0 aliphatic carbocycles. The van der Waals surface area contributed by atoms with E-state index in [0.717, 1.165) is 28.2 Å². The van der Waals surface area contributed by atoms with Crippen molar-refractivity contribution in [2.24, 2.45) is 0 Å². The van der Waals surface area contributed by atoms with Gasteiger partial charge in [0.15, 0.2) is 0 Å². The monoisotopic (exact) mass is 372 g/mol. The molecule has 1 heterocycles. The van der Waals surface area contributed by atoms with Crippen LogP contribution in [0, 0.1) is 13.8 Å². The number of nitrogens with one attached hydrogen (secondary N) is 1. The average molecular weight is 373 g/mol. The van der Waals surface area contributed by atoms with Crippen molar-refractivity contribution in [1.29, 1.82) is 0 Å². The van der Waals surface area contributed by atoms with Gasteiger partial charge in [-0.2, -0.15) is 0 Å². The van der Waals surface area contributed by atoms with Crippen LogP contribution in [-0.4, -0.2) is 13.4 Å². The maximum atomic E-state index is 13.0. The van der Waals surface area contributed by atoms with Crippen molar-refractivity contribution < 1.29 is 8.42 Å². The molecule has 0 aliphatic heterocycles. The van der Waals surface area contributed by atoms with Crippen LogP contribution >= 0.6 is 11.3 Å². The van der Waals surface area contributed by atoms with Gasteiger partial charge in [0, 0.05) is 10.9 Å². The normalized spacial score (nSPS) is 11.5. The second-order valence-corrected chi connectivity index (χ2v) is 8.56. The molecule has 0 amide bonds. The van der Waals surface area contributed by atoms with Gasteiger partial charge < -0.3 is 0 Å². The number of thiazole rings is 1. The molecule has 130 valence electrons. The van der Waals surface area contributed by atoms with Crippen molar-refractivity contribution in [2.75, 3.05) is 4.72 Å². The number of sulfonamides is 1. The number of para-hydroxylation sites is 1. The van der Waals surface area contributed by atoms with Gasteiger partial charge in [-0.25, -0.2) is 13.4 Å². The number of aromatic nitrogens is 1. The van der Waals surface area contributed by atoms with E-state index in [1.165, 1.54) is 0 Å². The number of anilines is 1. The van der Waals surface area contributed by atoms with Crippen molar-refractivity contribution in [3.8, 4) is 11.3 Å². The number of rotatable bonds is 5. The maximum absolute atomic E-state index is 13.0. The number of hydrogen-bond donors (Lipinski definition) is 1. The zero-order valence-corrected chi connectivity index (χ0v) is 16.0. The lowest BCUT2D eigenvalue weighted by atomic mass is 10.1. The fourth-order valence-electron chi connectivity index (χ4n) is 2.67. The molecule has 1 N–H and O–H groups in total. The second-order valence-electron chi connectivity index (χ2n) is 5.85. The SMILES string of the molecule is CCc1ccccc1NS(=O)(=O)c1cc(-c2csc(C)n2)ccc1C. The lowest BCUT2D eigenvalue weighted by Crippen LogP contribution is -2.15. The van der Waals surface area contributed by atoms with Crippen LogP contribution in [0.25, 0.3) is 11.3 Å². The summed E-state index contributed by atoms with van der Waals surface area (Å²) in [5.74, 6) is 0. The summed E-state index contributed by atoms with van der Waals surface area (Å²) in [6.07, 6.45) is 0.760. The average Bonchev–Trinajstić information content (AvgIpc) is 3.01. The van der Waals surface area contributed by atoms with Crippen LogP contribution in [0.4, 0.5) is 5.69 Å².